The van der Waals surface area contributed by atoms with Crippen molar-refractivity contribution < 1.29 is 18.0 Å². The number of amides is 1. The fourth-order valence-electron chi connectivity index (χ4n) is 4.24. The average molecular weight is 491 g/mol. The van der Waals surface area contributed by atoms with Gasteiger partial charge >= 0.3 is 6.18 Å². The Kier molecular flexibility index (Phi) is 7.00. The maximum Gasteiger partial charge on any atom is 0.417 e. The summed E-state index contributed by atoms with van der Waals surface area (Å²) in [6.45, 7) is 4.90. The smallest absolute Gasteiger partial charge is 0.344 e. The monoisotopic (exact) mass is 490 g/mol. The fourth-order valence-corrected chi connectivity index (χ4v) is 4.56. The summed E-state index contributed by atoms with van der Waals surface area (Å²) >= 11 is 6.00. The zero-order valence-electron chi connectivity index (χ0n) is 18.9. The summed E-state index contributed by atoms with van der Waals surface area (Å²) in [7, 11) is 0. The van der Waals surface area contributed by atoms with E-state index in [4.69, 9.17) is 11.6 Å². The third-order valence-electron chi connectivity index (χ3n) is 6.05. The molecule has 0 aliphatic carbocycles. The van der Waals surface area contributed by atoms with Crippen molar-refractivity contribution in [1.29, 1.82) is 0 Å². The van der Waals surface area contributed by atoms with Gasteiger partial charge in [-0.25, -0.2) is 0 Å². The van der Waals surface area contributed by atoms with Gasteiger partial charge in [-0.05, 0) is 62.6 Å². The molecule has 1 aliphatic heterocycles. The van der Waals surface area contributed by atoms with Crippen molar-refractivity contribution in [2.75, 3.05) is 6.54 Å². The zero-order valence-corrected chi connectivity index (χ0v) is 19.6. The van der Waals surface area contributed by atoms with Crippen LogP contribution in [0.25, 0.3) is 11.1 Å². The lowest BCUT2D eigenvalue weighted by atomic mass is 9.94. The standard InChI is InChI=1S/C25H26ClF3N4O/c1-15(2)33-14-18(13-31-33)16-6-3-7-17(12-16)23(21-10-5-11-30-21)32-24(34)19-8-4-9-20(22(19)26)25(27,28)29/h3-4,6-9,12-15,21,23,30H,5,10-11H2,1-2H3,(H,32,34)/t21-,23?/m0/s1. The van der Waals surface area contributed by atoms with Gasteiger partial charge in [-0.1, -0.05) is 35.9 Å². The van der Waals surface area contributed by atoms with E-state index in [2.05, 4.69) is 15.7 Å². The highest BCUT2D eigenvalue weighted by Gasteiger charge is 2.35. The number of nitrogens with one attached hydrogen (secondary N) is 2. The van der Waals surface area contributed by atoms with Gasteiger partial charge in [-0.2, -0.15) is 18.3 Å². The van der Waals surface area contributed by atoms with E-state index in [-0.39, 0.29) is 17.6 Å². The lowest BCUT2D eigenvalue weighted by Crippen LogP contribution is -2.41. The molecular formula is C25H26ClF3N4O. The molecule has 1 fully saturated rings. The largest absolute Gasteiger partial charge is 0.417 e. The first-order valence-corrected chi connectivity index (χ1v) is 11.6. The van der Waals surface area contributed by atoms with Gasteiger partial charge in [0.05, 0.1) is 28.4 Å². The fraction of sp³-hybridized carbons (Fsp3) is 0.360. The van der Waals surface area contributed by atoms with Crippen LogP contribution in [-0.4, -0.2) is 28.3 Å². The SMILES string of the molecule is CC(C)n1cc(-c2cccc(C(NC(=O)c3cccc(C(F)(F)F)c3Cl)[C@@H]3CCCN3)c2)cn1. The Balaban J connectivity index is 1.66. The molecule has 180 valence electrons. The second kappa shape index (κ2) is 9.80. The van der Waals surface area contributed by atoms with E-state index < -0.39 is 28.7 Å². The zero-order chi connectivity index (χ0) is 24.5. The number of benzene rings is 2. The Morgan fingerprint density at radius 3 is 2.62 bits per heavy atom. The molecule has 2 N–H and O–H groups in total. The number of halogens is 4. The van der Waals surface area contributed by atoms with E-state index in [9.17, 15) is 18.0 Å². The van der Waals surface area contributed by atoms with Crippen LogP contribution in [-0.2, 0) is 6.18 Å². The average Bonchev–Trinajstić information content (AvgIpc) is 3.49. The molecule has 0 bridgehead atoms. The maximum absolute atomic E-state index is 13.3. The molecule has 1 aliphatic rings. The minimum absolute atomic E-state index is 0.0536. The summed E-state index contributed by atoms with van der Waals surface area (Å²) in [5, 5.41) is 10.1. The molecule has 0 radical (unpaired) electrons. The van der Waals surface area contributed by atoms with Crippen molar-refractivity contribution in [3.63, 3.8) is 0 Å². The second-order valence-electron chi connectivity index (χ2n) is 8.75. The second-order valence-corrected chi connectivity index (χ2v) is 9.13. The number of rotatable bonds is 6. The minimum atomic E-state index is -4.64. The predicted molar refractivity (Wildman–Crippen MR) is 126 cm³/mol. The molecule has 2 atom stereocenters. The molecule has 1 unspecified atom stereocenters. The number of hydrogen-bond donors (Lipinski definition) is 2. The summed E-state index contributed by atoms with van der Waals surface area (Å²) < 4.78 is 41.7. The van der Waals surface area contributed by atoms with Crippen molar-refractivity contribution in [3.8, 4) is 11.1 Å². The quantitative estimate of drug-likeness (QED) is 0.444. The van der Waals surface area contributed by atoms with Gasteiger partial charge in [0, 0.05) is 23.8 Å². The lowest BCUT2D eigenvalue weighted by Gasteiger charge is -2.26. The van der Waals surface area contributed by atoms with Gasteiger partial charge in [0.25, 0.3) is 5.91 Å². The first-order valence-electron chi connectivity index (χ1n) is 11.2. The Bertz CT molecular complexity index is 1170. The van der Waals surface area contributed by atoms with Gasteiger partial charge in [-0.3, -0.25) is 9.48 Å². The number of carbonyl (C=O) groups excluding carboxylic acids is 1. The van der Waals surface area contributed by atoms with Crippen LogP contribution in [0.2, 0.25) is 5.02 Å². The van der Waals surface area contributed by atoms with E-state index in [1.54, 1.807) is 6.20 Å². The highest BCUT2D eigenvalue weighted by Crippen LogP contribution is 2.36. The van der Waals surface area contributed by atoms with Gasteiger partial charge in [0.2, 0.25) is 0 Å². The van der Waals surface area contributed by atoms with E-state index >= 15 is 0 Å². The molecular weight excluding hydrogens is 465 g/mol. The third-order valence-corrected chi connectivity index (χ3v) is 6.45. The molecule has 0 saturated carbocycles. The third kappa shape index (κ3) is 5.13. The Labute approximate surface area is 201 Å². The van der Waals surface area contributed by atoms with Crippen LogP contribution in [0.15, 0.2) is 54.9 Å². The van der Waals surface area contributed by atoms with E-state index in [1.807, 2.05) is 49.0 Å². The van der Waals surface area contributed by atoms with Crippen molar-refractivity contribution in [2.45, 2.75) is 51.0 Å². The maximum atomic E-state index is 13.3. The molecule has 4 rings (SSSR count). The van der Waals surface area contributed by atoms with Crippen LogP contribution in [0.3, 0.4) is 0 Å². The predicted octanol–water partition coefficient (Wildman–Crippen LogP) is 6.03. The Hall–Kier alpha value is -2.84. The highest BCUT2D eigenvalue weighted by atomic mass is 35.5. The molecule has 2 aromatic carbocycles. The molecule has 2 heterocycles. The number of nitrogens with zero attached hydrogens (tertiary/aromatic N) is 2. The molecule has 0 spiro atoms. The summed E-state index contributed by atoms with van der Waals surface area (Å²) in [6.07, 6.45) is 0.893. The highest BCUT2D eigenvalue weighted by molar-refractivity contribution is 6.34. The number of carbonyl (C=O) groups is 1. The van der Waals surface area contributed by atoms with Crippen LogP contribution in [0.5, 0.6) is 0 Å². The Morgan fingerprint density at radius 1 is 1.21 bits per heavy atom. The molecule has 34 heavy (non-hydrogen) atoms. The van der Waals surface area contributed by atoms with Crippen LogP contribution in [0, 0.1) is 0 Å². The molecule has 1 saturated heterocycles. The normalized spacial score (nSPS) is 17.2. The summed E-state index contributed by atoms with van der Waals surface area (Å²) in [5.41, 5.74) is 1.51. The van der Waals surface area contributed by atoms with Crippen molar-refractivity contribution in [2.24, 2.45) is 0 Å². The summed E-state index contributed by atoms with van der Waals surface area (Å²) in [4.78, 5) is 13.1. The number of alkyl halides is 3. The van der Waals surface area contributed by atoms with Crippen molar-refractivity contribution in [3.05, 3.63) is 76.6 Å². The minimum Gasteiger partial charge on any atom is -0.344 e. The van der Waals surface area contributed by atoms with Crippen LogP contribution in [0.4, 0.5) is 13.2 Å². The van der Waals surface area contributed by atoms with Gasteiger partial charge < -0.3 is 10.6 Å². The Morgan fingerprint density at radius 2 is 1.97 bits per heavy atom. The molecule has 9 heteroatoms. The first-order chi connectivity index (χ1) is 16.1. The summed E-state index contributed by atoms with van der Waals surface area (Å²) in [6, 6.07) is 10.9. The van der Waals surface area contributed by atoms with E-state index in [1.165, 1.54) is 12.1 Å². The van der Waals surface area contributed by atoms with Crippen LogP contribution < -0.4 is 10.6 Å². The van der Waals surface area contributed by atoms with Gasteiger partial charge in [0.15, 0.2) is 0 Å². The van der Waals surface area contributed by atoms with Crippen LogP contribution in [0.1, 0.15) is 60.3 Å². The van der Waals surface area contributed by atoms with Crippen LogP contribution >= 0.6 is 11.6 Å². The van der Waals surface area contributed by atoms with Gasteiger partial charge in [-0.15, -0.1) is 0 Å². The molecule has 1 aromatic heterocycles. The van der Waals surface area contributed by atoms with Gasteiger partial charge in [0.1, 0.15) is 0 Å². The molecule has 3 aromatic rings. The number of aromatic nitrogens is 2. The lowest BCUT2D eigenvalue weighted by molar-refractivity contribution is -0.137. The van der Waals surface area contributed by atoms with E-state index in [0.29, 0.717) is 0 Å². The molecule has 5 nitrogen and oxygen atoms in total. The summed E-state index contributed by atoms with van der Waals surface area (Å²) in [5.74, 6) is -0.646. The van der Waals surface area contributed by atoms with E-state index in [0.717, 1.165) is 42.1 Å². The van der Waals surface area contributed by atoms with Crippen molar-refractivity contribution in [1.82, 2.24) is 20.4 Å². The topological polar surface area (TPSA) is 59.0 Å². The van der Waals surface area contributed by atoms with Crippen molar-refractivity contribution >= 4 is 17.5 Å². The first kappa shape index (κ1) is 24.3. The number of hydrogen-bond acceptors (Lipinski definition) is 3. The molecule has 1 amide bonds.